The van der Waals surface area contributed by atoms with E-state index in [2.05, 4.69) is 22.4 Å². The first kappa shape index (κ1) is 15.6. The Morgan fingerprint density at radius 3 is 2.78 bits per heavy atom. The smallest absolute Gasteiger partial charge is 0.271 e. The molecule has 1 amide bonds. The van der Waals surface area contributed by atoms with E-state index in [1.165, 1.54) is 5.56 Å². The summed E-state index contributed by atoms with van der Waals surface area (Å²) in [7, 11) is 0. The van der Waals surface area contributed by atoms with Gasteiger partial charge in [0.05, 0.1) is 5.02 Å². The number of hydrogen-bond acceptors (Lipinski definition) is 2. The minimum absolute atomic E-state index is 0.0797. The largest absolute Gasteiger partial charge is 0.348 e. The number of amides is 1. The Morgan fingerprint density at radius 1 is 1.22 bits per heavy atom. The number of hydrogen-bond donors (Lipinski definition) is 1. The molecule has 0 radical (unpaired) electrons. The van der Waals surface area contributed by atoms with Crippen molar-refractivity contribution in [2.45, 2.75) is 25.8 Å². The van der Waals surface area contributed by atoms with Crippen molar-refractivity contribution in [3.05, 3.63) is 71.1 Å². The second-order valence-electron chi connectivity index (χ2n) is 5.64. The fraction of sp³-hybridized carbons (Fsp3) is 0.222. The molecule has 5 heteroatoms. The summed E-state index contributed by atoms with van der Waals surface area (Å²) < 4.78 is 1.76. The van der Waals surface area contributed by atoms with Crippen LogP contribution in [0.2, 0.25) is 5.02 Å². The van der Waals surface area contributed by atoms with Crippen molar-refractivity contribution in [2.24, 2.45) is 0 Å². The van der Waals surface area contributed by atoms with Gasteiger partial charge in [-0.3, -0.25) is 4.79 Å². The van der Waals surface area contributed by atoms with Crippen molar-refractivity contribution < 1.29 is 4.79 Å². The SMILES string of the molecule is C[C@H](CCc1ccccc1)NC(=O)c1cn2cc(Cl)ccc2n1. The number of benzene rings is 1. The molecule has 118 valence electrons. The normalized spacial score (nSPS) is 12.3. The first-order valence-electron chi connectivity index (χ1n) is 7.61. The van der Waals surface area contributed by atoms with E-state index in [-0.39, 0.29) is 11.9 Å². The lowest BCUT2D eigenvalue weighted by molar-refractivity contribution is 0.0934. The predicted octanol–water partition coefficient (Wildman–Crippen LogP) is 3.74. The zero-order valence-corrected chi connectivity index (χ0v) is 13.6. The predicted molar refractivity (Wildman–Crippen MR) is 91.9 cm³/mol. The zero-order valence-electron chi connectivity index (χ0n) is 12.9. The fourth-order valence-corrected chi connectivity index (χ4v) is 2.64. The van der Waals surface area contributed by atoms with Crippen LogP contribution in [0.15, 0.2) is 54.9 Å². The molecule has 4 nitrogen and oxygen atoms in total. The minimum atomic E-state index is -0.162. The highest BCUT2D eigenvalue weighted by Gasteiger charge is 2.13. The van der Waals surface area contributed by atoms with E-state index >= 15 is 0 Å². The summed E-state index contributed by atoms with van der Waals surface area (Å²) in [5.74, 6) is -0.162. The maximum Gasteiger partial charge on any atom is 0.271 e. The minimum Gasteiger partial charge on any atom is -0.348 e. The van der Waals surface area contributed by atoms with E-state index in [0.29, 0.717) is 16.4 Å². The Morgan fingerprint density at radius 2 is 2.00 bits per heavy atom. The van der Waals surface area contributed by atoms with Gasteiger partial charge < -0.3 is 9.72 Å². The molecule has 1 atom stereocenters. The number of carbonyl (C=O) groups excluding carboxylic acids is 1. The Bertz CT molecular complexity index is 814. The van der Waals surface area contributed by atoms with Gasteiger partial charge in [0.25, 0.3) is 5.91 Å². The highest BCUT2D eigenvalue weighted by molar-refractivity contribution is 6.30. The summed E-state index contributed by atoms with van der Waals surface area (Å²) in [6, 6.07) is 13.9. The maximum absolute atomic E-state index is 12.3. The number of fused-ring (bicyclic) bond motifs is 1. The molecule has 0 bridgehead atoms. The van der Waals surface area contributed by atoms with Crippen LogP contribution in [0.3, 0.4) is 0 Å². The van der Waals surface area contributed by atoms with Gasteiger partial charge in [0.1, 0.15) is 11.3 Å². The van der Waals surface area contributed by atoms with Gasteiger partial charge in [0.2, 0.25) is 0 Å². The van der Waals surface area contributed by atoms with Crippen molar-refractivity contribution in [3.63, 3.8) is 0 Å². The number of aryl methyl sites for hydroxylation is 1. The molecule has 3 rings (SSSR count). The Labute approximate surface area is 140 Å². The number of carbonyl (C=O) groups is 1. The summed E-state index contributed by atoms with van der Waals surface area (Å²) in [6.45, 7) is 2.01. The van der Waals surface area contributed by atoms with Gasteiger partial charge in [-0.1, -0.05) is 41.9 Å². The number of rotatable bonds is 5. The number of halogens is 1. The molecule has 0 fully saturated rings. The maximum atomic E-state index is 12.3. The van der Waals surface area contributed by atoms with Crippen LogP contribution in [-0.2, 0) is 6.42 Å². The molecule has 0 saturated heterocycles. The van der Waals surface area contributed by atoms with Crippen molar-refractivity contribution in [1.29, 1.82) is 0 Å². The third-order valence-corrected chi connectivity index (χ3v) is 3.96. The first-order valence-corrected chi connectivity index (χ1v) is 7.98. The van der Waals surface area contributed by atoms with Gasteiger partial charge in [-0.25, -0.2) is 4.98 Å². The molecule has 2 aromatic heterocycles. The Hall–Kier alpha value is -2.33. The van der Waals surface area contributed by atoms with Crippen LogP contribution in [0.1, 0.15) is 29.4 Å². The number of pyridine rings is 1. The van der Waals surface area contributed by atoms with E-state index in [1.807, 2.05) is 25.1 Å². The van der Waals surface area contributed by atoms with Crippen LogP contribution < -0.4 is 5.32 Å². The summed E-state index contributed by atoms with van der Waals surface area (Å²) in [4.78, 5) is 16.6. The Kier molecular flexibility index (Phi) is 4.63. The molecule has 0 unspecified atom stereocenters. The van der Waals surface area contributed by atoms with Crippen molar-refractivity contribution in [1.82, 2.24) is 14.7 Å². The second kappa shape index (κ2) is 6.84. The zero-order chi connectivity index (χ0) is 16.2. The molecule has 1 N–H and O–H groups in total. The van der Waals surface area contributed by atoms with Crippen LogP contribution in [0.25, 0.3) is 5.65 Å². The van der Waals surface area contributed by atoms with Crippen molar-refractivity contribution in [2.75, 3.05) is 0 Å². The highest BCUT2D eigenvalue weighted by atomic mass is 35.5. The molecule has 0 spiro atoms. The van der Waals surface area contributed by atoms with Crippen molar-refractivity contribution >= 4 is 23.2 Å². The van der Waals surface area contributed by atoms with E-state index in [1.54, 1.807) is 28.9 Å². The molecule has 2 heterocycles. The number of aromatic nitrogens is 2. The second-order valence-corrected chi connectivity index (χ2v) is 6.07. The number of nitrogens with one attached hydrogen (secondary N) is 1. The third kappa shape index (κ3) is 3.90. The summed E-state index contributed by atoms with van der Waals surface area (Å²) >= 11 is 5.94. The van der Waals surface area contributed by atoms with Gasteiger partial charge in [-0.05, 0) is 37.5 Å². The topological polar surface area (TPSA) is 46.4 Å². The molecular weight excluding hydrogens is 310 g/mol. The third-order valence-electron chi connectivity index (χ3n) is 3.73. The average Bonchev–Trinajstić information content (AvgIpc) is 2.97. The Balaban J connectivity index is 1.61. The number of imidazole rings is 1. The number of nitrogens with zero attached hydrogens (tertiary/aromatic N) is 2. The van der Waals surface area contributed by atoms with Gasteiger partial charge in [0, 0.05) is 18.4 Å². The molecule has 0 aliphatic carbocycles. The van der Waals surface area contributed by atoms with Gasteiger partial charge in [-0.15, -0.1) is 0 Å². The quantitative estimate of drug-likeness (QED) is 0.776. The highest BCUT2D eigenvalue weighted by Crippen LogP contribution is 2.12. The monoisotopic (exact) mass is 327 g/mol. The van der Waals surface area contributed by atoms with E-state index in [4.69, 9.17) is 11.6 Å². The van der Waals surface area contributed by atoms with Crippen LogP contribution >= 0.6 is 11.6 Å². The van der Waals surface area contributed by atoms with Crippen molar-refractivity contribution in [3.8, 4) is 0 Å². The molecule has 0 saturated carbocycles. The average molecular weight is 328 g/mol. The lowest BCUT2D eigenvalue weighted by atomic mass is 10.1. The summed E-state index contributed by atoms with van der Waals surface area (Å²) in [6.07, 6.45) is 5.25. The van der Waals surface area contributed by atoms with E-state index < -0.39 is 0 Å². The van der Waals surface area contributed by atoms with E-state index in [9.17, 15) is 4.79 Å². The molecule has 1 aromatic carbocycles. The van der Waals surface area contributed by atoms with Crippen LogP contribution in [0, 0.1) is 0 Å². The van der Waals surface area contributed by atoms with Crippen LogP contribution in [0.4, 0.5) is 0 Å². The molecule has 0 aliphatic rings. The van der Waals surface area contributed by atoms with E-state index in [0.717, 1.165) is 12.8 Å². The summed E-state index contributed by atoms with van der Waals surface area (Å²) in [5, 5.41) is 3.60. The molecule has 23 heavy (non-hydrogen) atoms. The first-order chi connectivity index (χ1) is 11.1. The molecular formula is C18H18ClN3O. The van der Waals surface area contributed by atoms with Crippen LogP contribution in [-0.4, -0.2) is 21.3 Å². The van der Waals surface area contributed by atoms with Gasteiger partial charge in [-0.2, -0.15) is 0 Å². The molecule has 0 aliphatic heterocycles. The molecule has 3 aromatic rings. The lowest BCUT2D eigenvalue weighted by Gasteiger charge is -2.12. The standard InChI is InChI=1S/C18H18ClN3O/c1-13(7-8-14-5-3-2-4-6-14)20-18(23)16-12-22-11-15(19)9-10-17(22)21-16/h2-6,9-13H,7-8H2,1H3,(H,20,23)/t13-/m1/s1. The summed E-state index contributed by atoms with van der Waals surface area (Å²) in [5.41, 5.74) is 2.38. The van der Waals surface area contributed by atoms with Gasteiger partial charge in [0.15, 0.2) is 0 Å². The lowest BCUT2D eigenvalue weighted by Crippen LogP contribution is -2.33. The van der Waals surface area contributed by atoms with Gasteiger partial charge >= 0.3 is 0 Å². The fourth-order valence-electron chi connectivity index (χ4n) is 2.47. The van der Waals surface area contributed by atoms with Crippen LogP contribution in [0.5, 0.6) is 0 Å².